The van der Waals surface area contributed by atoms with Crippen LogP contribution in [0.1, 0.15) is 37.7 Å². The van der Waals surface area contributed by atoms with Gasteiger partial charge in [-0.05, 0) is 55.5 Å². The van der Waals surface area contributed by atoms with Crippen LogP contribution in [0.5, 0.6) is 11.6 Å². The van der Waals surface area contributed by atoms with Crippen LogP contribution in [-0.4, -0.2) is 42.9 Å². The summed E-state index contributed by atoms with van der Waals surface area (Å²) in [4.78, 5) is 32.8. The first-order valence-corrected chi connectivity index (χ1v) is 11.4. The summed E-state index contributed by atoms with van der Waals surface area (Å²) in [6, 6.07) is 19.9. The van der Waals surface area contributed by atoms with Crippen molar-refractivity contribution in [3.05, 3.63) is 101 Å². The number of aliphatic imine (C=N–C) groups is 1. The van der Waals surface area contributed by atoms with Crippen LogP contribution in [0.4, 0.5) is 11.4 Å². The van der Waals surface area contributed by atoms with Gasteiger partial charge in [0.2, 0.25) is 0 Å². The number of H-pyrrole nitrogens is 1. The second-order valence-electron chi connectivity index (χ2n) is 8.58. The third kappa shape index (κ3) is 4.83. The molecular formula is C28H23N5O4. The van der Waals surface area contributed by atoms with Gasteiger partial charge in [0.1, 0.15) is 11.4 Å². The van der Waals surface area contributed by atoms with Gasteiger partial charge in [-0.2, -0.15) is 5.10 Å². The van der Waals surface area contributed by atoms with Crippen molar-refractivity contribution in [2.75, 3.05) is 5.32 Å². The number of aromatic amines is 1. The van der Waals surface area contributed by atoms with Crippen LogP contribution in [0.15, 0.2) is 77.8 Å². The van der Waals surface area contributed by atoms with Gasteiger partial charge in [0, 0.05) is 47.0 Å². The Balaban J connectivity index is 1.34. The number of carbonyl (C=O) groups is 2. The number of hydrogen-bond acceptors (Lipinski definition) is 6. The van der Waals surface area contributed by atoms with Gasteiger partial charge in [0.05, 0.1) is 16.9 Å². The summed E-state index contributed by atoms with van der Waals surface area (Å²) in [5.74, 6) is -0.472. The highest BCUT2D eigenvalue weighted by Gasteiger charge is 2.15. The lowest BCUT2D eigenvalue weighted by molar-refractivity contribution is 0.101. The molecule has 0 unspecified atom stereocenters. The summed E-state index contributed by atoms with van der Waals surface area (Å²) in [5, 5.41) is 27.7. The Hall–Kier alpha value is -5.18. The van der Waals surface area contributed by atoms with Crippen molar-refractivity contribution in [2.45, 2.75) is 6.92 Å². The van der Waals surface area contributed by atoms with E-state index in [-0.39, 0.29) is 23.3 Å². The molecule has 2 aromatic heterocycles. The Morgan fingerprint density at radius 3 is 2.46 bits per heavy atom. The van der Waals surface area contributed by atoms with Gasteiger partial charge < -0.3 is 20.5 Å². The summed E-state index contributed by atoms with van der Waals surface area (Å²) in [7, 11) is 1.70. The van der Waals surface area contributed by atoms with Crippen molar-refractivity contribution in [2.24, 2.45) is 12.0 Å². The third-order valence-corrected chi connectivity index (χ3v) is 5.89. The van der Waals surface area contributed by atoms with Crippen molar-refractivity contribution in [3.63, 3.8) is 0 Å². The van der Waals surface area contributed by atoms with E-state index in [1.807, 2.05) is 6.92 Å². The van der Waals surface area contributed by atoms with Crippen LogP contribution in [0.25, 0.3) is 10.9 Å². The van der Waals surface area contributed by atoms with E-state index in [2.05, 4.69) is 20.4 Å². The molecule has 0 spiro atoms. The van der Waals surface area contributed by atoms with Gasteiger partial charge in [-0.1, -0.05) is 18.2 Å². The predicted octanol–water partition coefficient (Wildman–Crippen LogP) is 4.85. The van der Waals surface area contributed by atoms with Crippen molar-refractivity contribution < 1.29 is 19.8 Å². The van der Waals surface area contributed by atoms with Gasteiger partial charge in [0.25, 0.3) is 5.91 Å². The Morgan fingerprint density at radius 1 is 1.00 bits per heavy atom. The molecule has 0 atom stereocenters. The highest BCUT2D eigenvalue weighted by atomic mass is 16.3. The predicted molar refractivity (Wildman–Crippen MR) is 141 cm³/mol. The Kier molecular flexibility index (Phi) is 6.02. The number of aryl methyl sites for hydroxylation is 2. The molecule has 0 fully saturated rings. The Labute approximate surface area is 211 Å². The van der Waals surface area contributed by atoms with Crippen LogP contribution in [-0.2, 0) is 7.05 Å². The second-order valence-corrected chi connectivity index (χ2v) is 8.58. The van der Waals surface area contributed by atoms with Crippen molar-refractivity contribution in [3.8, 4) is 11.6 Å². The standard InChI is InChI=1S/C28H23N5O4/c1-16-12-25(33(2)32-16)28(37)30-19-9-6-17(7-10-19)26(35)18-8-11-22-23(27(36)31-24(22)13-18)15-29-20-4-3-5-21(34)14-20/h3-15,31,34,36H,1-2H3,(H,30,37). The smallest absolute Gasteiger partial charge is 0.273 e. The second kappa shape index (κ2) is 9.46. The number of ketones is 1. The molecule has 184 valence electrons. The fourth-order valence-electron chi connectivity index (χ4n) is 4.08. The Bertz CT molecular complexity index is 1680. The number of carbonyl (C=O) groups excluding carboxylic acids is 2. The quantitative estimate of drug-likeness (QED) is 0.198. The number of phenolic OH excluding ortho intramolecular Hbond substituents is 1. The Morgan fingerprint density at radius 2 is 1.76 bits per heavy atom. The maximum absolute atomic E-state index is 13.1. The highest BCUT2D eigenvalue weighted by Crippen LogP contribution is 2.28. The van der Waals surface area contributed by atoms with Crippen molar-refractivity contribution >= 4 is 40.2 Å². The van der Waals surface area contributed by atoms with Crippen LogP contribution in [0.3, 0.4) is 0 Å². The summed E-state index contributed by atoms with van der Waals surface area (Å²) in [6.45, 7) is 1.81. The minimum atomic E-state index is -0.289. The van der Waals surface area contributed by atoms with Gasteiger partial charge in [-0.3, -0.25) is 19.3 Å². The molecular weight excluding hydrogens is 470 g/mol. The molecule has 2 heterocycles. The van der Waals surface area contributed by atoms with E-state index in [4.69, 9.17) is 0 Å². The highest BCUT2D eigenvalue weighted by molar-refractivity contribution is 6.12. The number of aromatic hydroxyl groups is 2. The maximum atomic E-state index is 13.1. The zero-order valence-electron chi connectivity index (χ0n) is 20.1. The number of hydrogen-bond donors (Lipinski definition) is 4. The van der Waals surface area contributed by atoms with Gasteiger partial charge >= 0.3 is 0 Å². The molecule has 0 aliphatic heterocycles. The minimum absolute atomic E-state index is 0.0767. The van der Waals surface area contributed by atoms with E-state index >= 15 is 0 Å². The number of fused-ring (bicyclic) bond motifs is 1. The molecule has 1 amide bonds. The maximum Gasteiger partial charge on any atom is 0.273 e. The van der Waals surface area contributed by atoms with Gasteiger partial charge in [-0.25, -0.2) is 0 Å². The van der Waals surface area contributed by atoms with E-state index in [1.165, 1.54) is 17.0 Å². The molecule has 37 heavy (non-hydrogen) atoms. The van der Waals surface area contributed by atoms with E-state index in [9.17, 15) is 19.8 Å². The number of nitrogens with zero attached hydrogens (tertiary/aromatic N) is 3. The normalized spacial score (nSPS) is 11.3. The van der Waals surface area contributed by atoms with E-state index in [0.717, 1.165) is 5.69 Å². The largest absolute Gasteiger partial charge is 0.508 e. The first-order chi connectivity index (χ1) is 17.8. The van der Waals surface area contributed by atoms with Crippen LogP contribution >= 0.6 is 0 Å². The molecule has 3 aromatic carbocycles. The first kappa shape index (κ1) is 23.6. The van der Waals surface area contributed by atoms with Crippen molar-refractivity contribution in [1.82, 2.24) is 14.8 Å². The molecule has 0 aliphatic rings. The molecule has 9 nitrogen and oxygen atoms in total. The lowest BCUT2D eigenvalue weighted by Gasteiger charge is -2.07. The van der Waals surface area contributed by atoms with E-state index < -0.39 is 0 Å². The number of anilines is 1. The minimum Gasteiger partial charge on any atom is -0.508 e. The van der Waals surface area contributed by atoms with E-state index in [1.54, 1.807) is 73.8 Å². The molecule has 4 N–H and O–H groups in total. The number of aromatic nitrogens is 3. The number of phenols is 1. The zero-order valence-corrected chi connectivity index (χ0v) is 20.1. The molecule has 0 saturated heterocycles. The van der Waals surface area contributed by atoms with Crippen LogP contribution < -0.4 is 5.32 Å². The summed E-state index contributed by atoms with van der Waals surface area (Å²) in [6.07, 6.45) is 1.50. The SMILES string of the molecule is Cc1cc(C(=O)Nc2ccc(C(=O)c3ccc4c(C=Nc5cccc(O)c5)c(O)[nH]c4c3)cc2)n(C)n1. The average molecular weight is 494 g/mol. The molecule has 0 radical (unpaired) electrons. The molecule has 0 bridgehead atoms. The number of amides is 1. The molecule has 5 rings (SSSR count). The number of nitrogens with one attached hydrogen (secondary N) is 2. The van der Waals surface area contributed by atoms with Crippen molar-refractivity contribution in [1.29, 1.82) is 0 Å². The van der Waals surface area contributed by atoms with E-state index in [0.29, 0.717) is 44.7 Å². The fraction of sp³-hybridized carbons (Fsp3) is 0.0714. The first-order valence-electron chi connectivity index (χ1n) is 11.4. The number of benzene rings is 3. The summed E-state index contributed by atoms with van der Waals surface area (Å²) < 4.78 is 1.51. The van der Waals surface area contributed by atoms with Gasteiger partial charge in [0.15, 0.2) is 11.7 Å². The van der Waals surface area contributed by atoms with Gasteiger partial charge in [-0.15, -0.1) is 0 Å². The monoisotopic (exact) mass is 493 g/mol. The average Bonchev–Trinajstić information content (AvgIpc) is 3.39. The topological polar surface area (TPSA) is 133 Å². The molecule has 0 aliphatic carbocycles. The third-order valence-electron chi connectivity index (χ3n) is 5.89. The molecule has 9 heteroatoms. The number of rotatable bonds is 6. The fourth-order valence-corrected chi connectivity index (χ4v) is 4.08. The van der Waals surface area contributed by atoms with Crippen LogP contribution in [0, 0.1) is 6.92 Å². The lowest BCUT2D eigenvalue weighted by atomic mass is 10.0. The lowest BCUT2D eigenvalue weighted by Crippen LogP contribution is -2.16. The molecule has 5 aromatic rings. The summed E-state index contributed by atoms with van der Waals surface area (Å²) >= 11 is 0. The van der Waals surface area contributed by atoms with Crippen LogP contribution in [0.2, 0.25) is 0 Å². The zero-order chi connectivity index (χ0) is 26.1. The summed E-state index contributed by atoms with van der Waals surface area (Å²) in [5.41, 5.74) is 4.22. The molecule has 0 saturated carbocycles.